The van der Waals surface area contributed by atoms with E-state index in [1.165, 1.54) is 11.1 Å². The molecule has 0 heterocycles. The summed E-state index contributed by atoms with van der Waals surface area (Å²) in [6.07, 6.45) is 0.907. The minimum Gasteiger partial charge on any atom is -0.380 e. The molecule has 0 unspecified atom stereocenters. The topological polar surface area (TPSA) is 61.8 Å². The normalized spacial score (nSPS) is 10.1. The number of rotatable bonds is 5. The molecule has 0 atom stereocenters. The van der Waals surface area contributed by atoms with Gasteiger partial charge in [0, 0.05) is 6.54 Å². The number of anilines is 1. The van der Waals surface area contributed by atoms with Crippen LogP contribution in [0.1, 0.15) is 22.3 Å². The maximum atomic E-state index is 9.10. The fourth-order valence-corrected chi connectivity index (χ4v) is 2.09. The van der Waals surface area contributed by atoms with E-state index in [-0.39, 0.29) is 0 Å². The summed E-state index contributed by atoms with van der Waals surface area (Å²) in [6, 6.07) is 16.4. The Balaban J connectivity index is 2.05. The predicted octanol–water partition coefficient (Wildman–Crippen LogP) is 2.98. The van der Waals surface area contributed by atoms with Crippen LogP contribution in [-0.2, 0) is 13.0 Å². The monoisotopic (exact) mass is 265 g/mol. The molecule has 0 amide bonds. The van der Waals surface area contributed by atoms with E-state index >= 15 is 0 Å². The van der Waals surface area contributed by atoms with Crippen molar-refractivity contribution in [2.75, 3.05) is 11.9 Å². The quantitative estimate of drug-likeness (QED) is 0.873. The number of aryl methyl sites for hydroxylation is 1. The molecule has 0 radical (unpaired) electrons. The highest BCUT2D eigenvalue weighted by molar-refractivity contribution is 5.58. The van der Waals surface area contributed by atoms with Crippen molar-refractivity contribution in [2.24, 2.45) is 5.73 Å². The number of hydrogen-bond donors (Lipinski definition) is 2. The van der Waals surface area contributed by atoms with Gasteiger partial charge in [0.1, 0.15) is 6.07 Å². The largest absolute Gasteiger partial charge is 0.380 e. The summed E-state index contributed by atoms with van der Waals surface area (Å²) in [5.41, 5.74) is 10.7. The van der Waals surface area contributed by atoms with E-state index in [1.54, 1.807) is 0 Å². The summed E-state index contributed by atoms with van der Waals surface area (Å²) in [5, 5.41) is 12.4. The SMILES string of the molecule is Cc1ccc(C#N)c(NCc2ccc(CCN)cc2)c1. The number of nitrogens with two attached hydrogens (primary N) is 1. The van der Waals surface area contributed by atoms with E-state index in [1.807, 2.05) is 25.1 Å². The molecule has 0 spiro atoms. The average Bonchev–Trinajstić information content (AvgIpc) is 2.47. The zero-order valence-electron chi connectivity index (χ0n) is 11.7. The van der Waals surface area contributed by atoms with E-state index in [0.717, 1.165) is 17.7 Å². The van der Waals surface area contributed by atoms with Gasteiger partial charge < -0.3 is 11.1 Å². The van der Waals surface area contributed by atoms with Crippen LogP contribution in [0.5, 0.6) is 0 Å². The summed E-state index contributed by atoms with van der Waals surface area (Å²) in [6.45, 7) is 3.40. The third-order valence-corrected chi connectivity index (χ3v) is 3.23. The molecule has 102 valence electrons. The second-order valence-corrected chi connectivity index (χ2v) is 4.87. The van der Waals surface area contributed by atoms with Crippen molar-refractivity contribution in [3.8, 4) is 6.07 Å². The van der Waals surface area contributed by atoms with Gasteiger partial charge in [0.2, 0.25) is 0 Å². The summed E-state index contributed by atoms with van der Waals surface area (Å²) in [5.74, 6) is 0. The van der Waals surface area contributed by atoms with E-state index < -0.39 is 0 Å². The molecular weight excluding hydrogens is 246 g/mol. The Morgan fingerprint density at radius 1 is 1.10 bits per heavy atom. The number of nitrogens with one attached hydrogen (secondary N) is 1. The molecule has 0 aliphatic heterocycles. The molecule has 3 nitrogen and oxygen atoms in total. The molecule has 3 heteroatoms. The molecule has 2 rings (SSSR count). The fraction of sp³-hybridized carbons (Fsp3) is 0.235. The minimum atomic E-state index is 0.673. The summed E-state index contributed by atoms with van der Waals surface area (Å²) in [7, 11) is 0. The molecule has 2 aromatic carbocycles. The molecule has 0 aromatic heterocycles. The van der Waals surface area contributed by atoms with Crippen LogP contribution in [0.2, 0.25) is 0 Å². The molecular formula is C17H19N3. The van der Waals surface area contributed by atoms with Crippen LogP contribution >= 0.6 is 0 Å². The van der Waals surface area contributed by atoms with Crippen molar-refractivity contribution in [3.05, 3.63) is 64.7 Å². The first-order valence-corrected chi connectivity index (χ1v) is 6.75. The van der Waals surface area contributed by atoms with E-state index in [4.69, 9.17) is 11.0 Å². The smallest absolute Gasteiger partial charge is 0.101 e. The summed E-state index contributed by atoms with van der Waals surface area (Å²) >= 11 is 0. The van der Waals surface area contributed by atoms with Gasteiger partial charge in [-0.3, -0.25) is 0 Å². The lowest BCUT2D eigenvalue weighted by Crippen LogP contribution is -2.04. The molecule has 0 bridgehead atoms. The zero-order chi connectivity index (χ0) is 14.4. The third kappa shape index (κ3) is 3.59. The van der Waals surface area contributed by atoms with Crippen molar-refractivity contribution in [2.45, 2.75) is 19.9 Å². The van der Waals surface area contributed by atoms with Crippen LogP contribution in [0, 0.1) is 18.3 Å². The Hall–Kier alpha value is -2.31. The molecule has 0 fully saturated rings. The maximum absolute atomic E-state index is 9.10. The highest BCUT2D eigenvalue weighted by Gasteiger charge is 2.02. The van der Waals surface area contributed by atoms with Gasteiger partial charge in [-0.15, -0.1) is 0 Å². The van der Waals surface area contributed by atoms with Gasteiger partial charge in [-0.05, 0) is 48.7 Å². The zero-order valence-corrected chi connectivity index (χ0v) is 11.7. The van der Waals surface area contributed by atoms with Gasteiger partial charge in [-0.25, -0.2) is 0 Å². The van der Waals surface area contributed by atoms with Crippen LogP contribution in [0.25, 0.3) is 0 Å². The lowest BCUT2D eigenvalue weighted by molar-refractivity contribution is 0.966. The van der Waals surface area contributed by atoms with Crippen molar-refractivity contribution in [1.82, 2.24) is 0 Å². The highest BCUT2D eigenvalue weighted by atomic mass is 14.9. The maximum Gasteiger partial charge on any atom is 0.101 e. The Morgan fingerprint density at radius 2 is 1.80 bits per heavy atom. The first kappa shape index (κ1) is 14.1. The second-order valence-electron chi connectivity index (χ2n) is 4.87. The number of nitrogens with zero attached hydrogens (tertiary/aromatic N) is 1. The van der Waals surface area contributed by atoms with E-state index in [0.29, 0.717) is 18.7 Å². The van der Waals surface area contributed by atoms with Crippen LogP contribution in [0.15, 0.2) is 42.5 Å². The molecule has 2 aromatic rings. The number of hydrogen-bond acceptors (Lipinski definition) is 3. The molecule has 0 saturated heterocycles. The van der Waals surface area contributed by atoms with Crippen molar-refractivity contribution in [3.63, 3.8) is 0 Å². The van der Waals surface area contributed by atoms with Crippen molar-refractivity contribution < 1.29 is 0 Å². The van der Waals surface area contributed by atoms with Gasteiger partial charge in [-0.2, -0.15) is 5.26 Å². The second kappa shape index (κ2) is 6.74. The van der Waals surface area contributed by atoms with Gasteiger partial charge in [0.05, 0.1) is 11.3 Å². The Morgan fingerprint density at radius 3 is 2.45 bits per heavy atom. The number of nitriles is 1. The van der Waals surface area contributed by atoms with Crippen LogP contribution in [0.3, 0.4) is 0 Å². The van der Waals surface area contributed by atoms with Gasteiger partial charge in [0.25, 0.3) is 0 Å². The molecule has 0 aliphatic carbocycles. The van der Waals surface area contributed by atoms with Crippen molar-refractivity contribution >= 4 is 5.69 Å². The van der Waals surface area contributed by atoms with E-state index in [2.05, 4.69) is 35.7 Å². The van der Waals surface area contributed by atoms with Gasteiger partial charge in [0.15, 0.2) is 0 Å². The van der Waals surface area contributed by atoms with Crippen LogP contribution < -0.4 is 11.1 Å². The molecule has 3 N–H and O–H groups in total. The van der Waals surface area contributed by atoms with E-state index in [9.17, 15) is 0 Å². The van der Waals surface area contributed by atoms with Gasteiger partial charge >= 0.3 is 0 Å². The lowest BCUT2D eigenvalue weighted by atomic mass is 10.1. The van der Waals surface area contributed by atoms with Crippen LogP contribution in [0.4, 0.5) is 5.69 Å². The Labute approximate surface area is 120 Å². The third-order valence-electron chi connectivity index (χ3n) is 3.23. The predicted molar refractivity (Wildman–Crippen MR) is 82.4 cm³/mol. The van der Waals surface area contributed by atoms with Crippen LogP contribution in [-0.4, -0.2) is 6.54 Å². The minimum absolute atomic E-state index is 0.673. The summed E-state index contributed by atoms with van der Waals surface area (Å²) in [4.78, 5) is 0. The number of benzene rings is 2. The first-order valence-electron chi connectivity index (χ1n) is 6.75. The summed E-state index contributed by atoms with van der Waals surface area (Å²) < 4.78 is 0. The molecule has 0 saturated carbocycles. The average molecular weight is 265 g/mol. The lowest BCUT2D eigenvalue weighted by Gasteiger charge is -2.10. The standard InChI is InChI=1S/C17H19N3/c1-13-2-7-16(11-19)17(10-13)20-12-15-5-3-14(4-6-15)8-9-18/h2-7,10,20H,8-9,12,18H2,1H3. The van der Waals surface area contributed by atoms with Gasteiger partial charge in [-0.1, -0.05) is 30.3 Å². The first-order chi connectivity index (χ1) is 9.72. The Bertz CT molecular complexity index is 609. The highest BCUT2D eigenvalue weighted by Crippen LogP contribution is 2.17. The Kier molecular flexibility index (Phi) is 4.75. The fourth-order valence-electron chi connectivity index (χ4n) is 2.09. The molecule has 0 aliphatic rings. The van der Waals surface area contributed by atoms with Crippen molar-refractivity contribution in [1.29, 1.82) is 5.26 Å². The molecule has 20 heavy (non-hydrogen) atoms.